The van der Waals surface area contributed by atoms with Gasteiger partial charge < -0.3 is 15.3 Å². The number of benzene rings is 1. The highest BCUT2D eigenvalue weighted by Crippen LogP contribution is 2.34. The Hall–Kier alpha value is -1.46. The number of carboxylic acids is 1. The van der Waals surface area contributed by atoms with Crippen molar-refractivity contribution >= 4 is 35.2 Å². The van der Waals surface area contributed by atoms with E-state index in [0.29, 0.717) is 29.6 Å². The Labute approximate surface area is 139 Å². The molecule has 0 spiro atoms. The Morgan fingerprint density at radius 1 is 1.32 bits per heavy atom. The maximum Gasteiger partial charge on any atom is 0.317 e. The third-order valence-corrected chi connectivity index (χ3v) is 4.42. The van der Waals surface area contributed by atoms with Gasteiger partial charge >= 0.3 is 12.0 Å². The summed E-state index contributed by atoms with van der Waals surface area (Å²) in [7, 11) is 0. The molecule has 1 fully saturated rings. The number of likely N-dealkylation sites (tertiary alicyclic amines) is 1. The molecule has 0 saturated carbocycles. The van der Waals surface area contributed by atoms with Crippen molar-refractivity contribution in [2.75, 3.05) is 13.1 Å². The number of carboxylic acid groups (broad SMARTS) is 1. The van der Waals surface area contributed by atoms with E-state index in [-0.39, 0.29) is 18.5 Å². The maximum atomic E-state index is 12.2. The second kappa shape index (κ2) is 7.70. The van der Waals surface area contributed by atoms with Gasteiger partial charge in [-0.2, -0.15) is 0 Å². The lowest BCUT2D eigenvalue weighted by atomic mass is 10.0. The van der Waals surface area contributed by atoms with E-state index in [1.807, 2.05) is 6.07 Å². The summed E-state index contributed by atoms with van der Waals surface area (Å²) in [6, 6.07) is 5.23. The molecule has 1 aliphatic heterocycles. The van der Waals surface area contributed by atoms with Gasteiger partial charge in [0.25, 0.3) is 0 Å². The lowest BCUT2D eigenvalue weighted by molar-refractivity contribution is -0.137. The van der Waals surface area contributed by atoms with Gasteiger partial charge in [0.2, 0.25) is 0 Å². The second-order valence-electron chi connectivity index (χ2n) is 5.25. The number of rotatable bonds is 5. The number of urea groups is 1. The van der Waals surface area contributed by atoms with Gasteiger partial charge in [0.05, 0.1) is 16.1 Å². The normalized spacial score (nSPS) is 17.5. The molecule has 1 atom stereocenters. The minimum Gasteiger partial charge on any atom is -0.481 e. The van der Waals surface area contributed by atoms with Crippen LogP contribution >= 0.6 is 23.2 Å². The molecule has 1 aromatic carbocycles. The molecule has 5 nitrogen and oxygen atoms in total. The quantitative estimate of drug-likeness (QED) is 0.800. The van der Waals surface area contributed by atoms with Gasteiger partial charge in [0.1, 0.15) is 0 Å². The number of aliphatic carboxylic acids is 1. The molecule has 120 valence electrons. The minimum absolute atomic E-state index is 0.0192. The van der Waals surface area contributed by atoms with E-state index >= 15 is 0 Å². The fourth-order valence-electron chi connectivity index (χ4n) is 2.61. The van der Waals surface area contributed by atoms with Crippen molar-refractivity contribution in [3.63, 3.8) is 0 Å². The molecule has 22 heavy (non-hydrogen) atoms. The predicted octanol–water partition coefficient (Wildman–Crippen LogP) is 3.70. The zero-order valence-corrected chi connectivity index (χ0v) is 13.5. The predicted molar refractivity (Wildman–Crippen MR) is 85.4 cm³/mol. The molecule has 7 heteroatoms. The smallest absolute Gasteiger partial charge is 0.317 e. The summed E-state index contributed by atoms with van der Waals surface area (Å²) in [6.07, 6.45) is 2.27. The Bertz CT molecular complexity index is 566. The molecule has 2 N–H and O–H groups in total. The Balaban J connectivity index is 1.96. The number of hydrogen-bond donors (Lipinski definition) is 2. The van der Waals surface area contributed by atoms with E-state index in [1.54, 1.807) is 17.0 Å². The molecule has 1 aromatic rings. The largest absolute Gasteiger partial charge is 0.481 e. The highest BCUT2D eigenvalue weighted by atomic mass is 35.5. The minimum atomic E-state index is -0.857. The first-order valence-electron chi connectivity index (χ1n) is 7.20. The average molecular weight is 345 g/mol. The van der Waals surface area contributed by atoms with Crippen LogP contribution in [-0.4, -0.2) is 35.1 Å². The molecule has 0 aliphatic carbocycles. The highest BCUT2D eigenvalue weighted by Gasteiger charge is 2.30. The van der Waals surface area contributed by atoms with Gasteiger partial charge in [-0.05, 0) is 37.0 Å². The Morgan fingerprint density at radius 2 is 2.09 bits per heavy atom. The molecule has 0 radical (unpaired) electrons. The Morgan fingerprint density at radius 3 is 2.77 bits per heavy atom. The topological polar surface area (TPSA) is 69.6 Å². The summed E-state index contributed by atoms with van der Waals surface area (Å²) in [4.78, 5) is 24.4. The zero-order chi connectivity index (χ0) is 16.1. The first kappa shape index (κ1) is 16.9. The molecule has 2 rings (SSSR count). The van der Waals surface area contributed by atoms with E-state index in [4.69, 9.17) is 28.3 Å². The fourth-order valence-corrected chi connectivity index (χ4v) is 2.92. The van der Waals surface area contributed by atoms with Crippen LogP contribution in [0.5, 0.6) is 0 Å². The van der Waals surface area contributed by atoms with Gasteiger partial charge in [-0.3, -0.25) is 4.79 Å². The van der Waals surface area contributed by atoms with Crippen LogP contribution in [0.3, 0.4) is 0 Å². The summed E-state index contributed by atoms with van der Waals surface area (Å²) in [6.45, 7) is 1.03. The van der Waals surface area contributed by atoms with Crippen molar-refractivity contribution in [1.82, 2.24) is 10.2 Å². The highest BCUT2D eigenvalue weighted by molar-refractivity contribution is 6.42. The fraction of sp³-hybridized carbons (Fsp3) is 0.467. The third kappa shape index (κ3) is 4.27. The molecule has 0 aromatic heterocycles. The third-order valence-electron chi connectivity index (χ3n) is 3.69. The van der Waals surface area contributed by atoms with Crippen LogP contribution in [0.2, 0.25) is 10.0 Å². The first-order chi connectivity index (χ1) is 10.5. The summed E-state index contributed by atoms with van der Waals surface area (Å²) in [5.74, 6) is -0.857. The van der Waals surface area contributed by atoms with Crippen LogP contribution in [0.15, 0.2) is 18.2 Å². The average Bonchev–Trinajstić information content (AvgIpc) is 2.95. The van der Waals surface area contributed by atoms with Crippen molar-refractivity contribution < 1.29 is 14.7 Å². The standard InChI is InChI=1S/C15H18Cl2N2O3/c16-11-6-5-10(9-12(11)17)13-3-2-8-19(13)15(22)18-7-1-4-14(20)21/h5-6,9,13H,1-4,7-8H2,(H,18,22)(H,20,21). The number of halogens is 2. The Kier molecular flexibility index (Phi) is 5.91. The lowest BCUT2D eigenvalue weighted by Gasteiger charge is -2.25. The monoisotopic (exact) mass is 344 g/mol. The van der Waals surface area contributed by atoms with Gasteiger partial charge in [-0.15, -0.1) is 0 Å². The van der Waals surface area contributed by atoms with Crippen LogP contribution in [0.4, 0.5) is 4.79 Å². The molecule has 1 heterocycles. The van der Waals surface area contributed by atoms with Crippen LogP contribution in [0, 0.1) is 0 Å². The van der Waals surface area contributed by atoms with Crippen molar-refractivity contribution in [3.8, 4) is 0 Å². The van der Waals surface area contributed by atoms with E-state index in [1.165, 1.54) is 0 Å². The van der Waals surface area contributed by atoms with Crippen LogP contribution in [0.1, 0.15) is 37.3 Å². The van der Waals surface area contributed by atoms with Crippen molar-refractivity contribution in [2.24, 2.45) is 0 Å². The number of nitrogens with one attached hydrogen (secondary N) is 1. The van der Waals surface area contributed by atoms with Gasteiger partial charge in [-0.1, -0.05) is 29.3 Å². The first-order valence-corrected chi connectivity index (χ1v) is 7.96. The van der Waals surface area contributed by atoms with Gasteiger partial charge in [-0.25, -0.2) is 4.79 Å². The van der Waals surface area contributed by atoms with Crippen LogP contribution < -0.4 is 5.32 Å². The van der Waals surface area contributed by atoms with E-state index in [9.17, 15) is 9.59 Å². The number of hydrogen-bond acceptors (Lipinski definition) is 2. The zero-order valence-electron chi connectivity index (χ0n) is 12.0. The maximum absolute atomic E-state index is 12.2. The van der Waals surface area contributed by atoms with Crippen molar-refractivity contribution in [3.05, 3.63) is 33.8 Å². The molecule has 1 unspecified atom stereocenters. The van der Waals surface area contributed by atoms with Gasteiger partial charge in [0.15, 0.2) is 0 Å². The number of amides is 2. The molecule has 1 aliphatic rings. The number of carbonyl (C=O) groups is 2. The van der Waals surface area contributed by atoms with Gasteiger partial charge in [0, 0.05) is 19.5 Å². The summed E-state index contributed by atoms with van der Waals surface area (Å²) >= 11 is 12.0. The van der Waals surface area contributed by atoms with Crippen molar-refractivity contribution in [2.45, 2.75) is 31.7 Å². The molecular weight excluding hydrogens is 327 g/mol. The number of nitrogens with zero attached hydrogens (tertiary/aromatic N) is 1. The van der Waals surface area contributed by atoms with E-state index in [2.05, 4.69) is 5.32 Å². The summed E-state index contributed by atoms with van der Waals surface area (Å²) < 4.78 is 0. The lowest BCUT2D eigenvalue weighted by Crippen LogP contribution is -2.40. The molecule has 2 amide bonds. The SMILES string of the molecule is O=C(O)CCCNC(=O)N1CCCC1c1ccc(Cl)c(Cl)c1. The molecule has 0 bridgehead atoms. The van der Waals surface area contributed by atoms with E-state index in [0.717, 1.165) is 18.4 Å². The second-order valence-corrected chi connectivity index (χ2v) is 6.07. The number of carbonyl (C=O) groups excluding carboxylic acids is 1. The summed E-state index contributed by atoms with van der Waals surface area (Å²) in [5.41, 5.74) is 0.965. The van der Waals surface area contributed by atoms with E-state index < -0.39 is 5.97 Å². The van der Waals surface area contributed by atoms with Crippen LogP contribution in [-0.2, 0) is 4.79 Å². The molecule has 1 saturated heterocycles. The van der Waals surface area contributed by atoms with Crippen molar-refractivity contribution in [1.29, 1.82) is 0 Å². The van der Waals surface area contributed by atoms with Crippen LogP contribution in [0.25, 0.3) is 0 Å². The summed E-state index contributed by atoms with van der Waals surface area (Å²) in [5, 5.41) is 12.3. The molecular formula is C15H18Cl2N2O3.